The van der Waals surface area contributed by atoms with Gasteiger partial charge in [0.15, 0.2) is 11.5 Å². The van der Waals surface area contributed by atoms with E-state index in [-0.39, 0.29) is 12.7 Å². The van der Waals surface area contributed by atoms with Crippen LogP contribution in [0.15, 0.2) is 36.4 Å². The monoisotopic (exact) mass is 299 g/mol. The summed E-state index contributed by atoms with van der Waals surface area (Å²) >= 11 is 5.94. The Bertz CT molecular complexity index is 798. The predicted octanol–water partition coefficient (Wildman–Crippen LogP) is 3.56. The van der Waals surface area contributed by atoms with Gasteiger partial charge in [0, 0.05) is 16.2 Å². The second-order valence-corrected chi connectivity index (χ2v) is 5.25. The Hall–Kier alpha value is -2.46. The largest absolute Gasteiger partial charge is 0.454 e. The first kappa shape index (κ1) is 12.3. The molecular formula is C16H10ClNO3. The molecule has 21 heavy (non-hydrogen) atoms. The van der Waals surface area contributed by atoms with Gasteiger partial charge in [-0.15, -0.1) is 0 Å². The van der Waals surface area contributed by atoms with Crippen molar-refractivity contribution in [3.63, 3.8) is 0 Å². The van der Waals surface area contributed by atoms with Gasteiger partial charge in [0.05, 0.1) is 5.69 Å². The highest BCUT2D eigenvalue weighted by molar-refractivity contribution is 6.36. The van der Waals surface area contributed by atoms with Crippen molar-refractivity contribution in [3.8, 4) is 11.5 Å². The molecule has 2 aromatic rings. The number of fused-ring (bicyclic) bond motifs is 2. The molecule has 1 amide bonds. The van der Waals surface area contributed by atoms with Crippen molar-refractivity contribution in [2.45, 2.75) is 0 Å². The van der Waals surface area contributed by atoms with Gasteiger partial charge in [-0.25, -0.2) is 0 Å². The summed E-state index contributed by atoms with van der Waals surface area (Å²) in [6.45, 7) is 0.233. The van der Waals surface area contributed by atoms with Crippen LogP contribution in [0.2, 0.25) is 5.02 Å². The van der Waals surface area contributed by atoms with E-state index in [0.717, 1.165) is 22.6 Å². The van der Waals surface area contributed by atoms with Gasteiger partial charge in [-0.1, -0.05) is 23.7 Å². The van der Waals surface area contributed by atoms with Gasteiger partial charge in [-0.05, 0) is 35.9 Å². The maximum Gasteiger partial charge on any atom is 0.256 e. The summed E-state index contributed by atoms with van der Waals surface area (Å²) in [6, 6.07) is 10.9. The average Bonchev–Trinajstić information content (AvgIpc) is 3.03. The van der Waals surface area contributed by atoms with Gasteiger partial charge in [0.1, 0.15) is 0 Å². The molecule has 0 aromatic heterocycles. The molecule has 0 fully saturated rings. The van der Waals surface area contributed by atoms with Gasteiger partial charge in [-0.2, -0.15) is 0 Å². The Morgan fingerprint density at radius 3 is 2.86 bits per heavy atom. The predicted molar refractivity (Wildman–Crippen MR) is 80.5 cm³/mol. The van der Waals surface area contributed by atoms with Gasteiger partial charge in [-0.3, -0.25) is 4.79 Å². The fraction of sp³-hybridized carbons (Fsp3) is 0.0625. The van der Waals surface area contributed by atoms with Crippen LogP contribution in [0.3, 0.4) is 0 Å². The molecule has 2 aliphatic rings. The van der Waals surface area contributed by atoms with Crippen molar-refractivity contribution >= 4 is 34.8 Å². The first-order chi connectivity index (χ1) is 10.2. The molecule has 0 bridgehead atoms. The summed E-state index contributed by atoms with van der Waals surface area (Å²) in [5, 5.41) is 3.41. The SMILES string of the molecule is O=C1Nc2cc(Cl)ccc2/C1=C/c1ccc2c(c1)OCO2. The molecule has 0 saturated heterocycles. The lowest BCUT2D eigenvalue weighted by Crippen LogP contribution is -2.03. The number of ether oxygens (including phenoxy) is 2. The van der Waals surface area contributed by atoms with Crippen LogP contribution in [0.1, 0.15) is 11.1 Å². The van der Waals surface area contributed by atoms with Crippen LogP contribution in [0, 0.1) is 0 Å². The first-order valence-corrected chi connectivity index (χ1v) is 6.81. The van der Waals surface area contributed by atoms with E-state index in [9.17, 15) is 4.79 Å². The molecule has 1 N–H and O–H groups in total. The van der Waals surface area contributed by atoms with Crippen molar-refractivity contribution in [2.75, 3.05) is 12.1 Å². The molecule has 0 aliphatic carbocycles. The lowest BCUT2D eigenvalue weighted by atomic mass is 10.0. The summed E-state index contributed by atoms with van der Waals surface area (Å²) in [7, 11) is 0. The third-order valence-electron chi connectivity index (χ3n) is 3.47. The molecule has 2 aromatic carbocycles. The van der Waals surface area contributed by atoms with Crippen LogP contribution in [0.5, 0.6) is 11.5 Å². The van der Waals surface area contributed by atoms with Crippen molar-refractivity contribution in [3.05, 3.63) is 52.5 Å². The Kier molecular flexibility index (Phi) is 2.65. The number of carbonyl (C=O) groups is 1. The highest BCUT2D eigenvalue weighted by Crippen LogP contribution is 2.37. The van der Waals surface area contributed by atoms with Crippen molar-refractivity contribution in [2.24, 2.45) is 0 Å². The van der Waals surface area contributed by atoms with Gasteiger partial charge in [0.25, 0.3) is 5.91 Å². The summed E-state index contributed by atoms with van der Waals surface area (Å²) in [4.78, 5) is 12.1. The van der Waals surface area contributed by atoms with Crippen molar-refractivity contribution in [1.82, 2.24) is 0 Å². The molecule has 0 unspecified atom stereocenters. The Balaban J connectivity index is 1.78. The molecule has 2 aliphatic heterocycles. The van der Waals surface area contributed by atoms with Crippen LogP contribution < -0.4 is 14.8 Å². The number of halogens is 1. The van der Waals surface area contributed by atoms with Crippen LogP contribution in [0.4, 0.5) is 5.69 Å². The molecule has 4 nitrogen and oxygen atoms in total. The van der Waals surface area contributed by atoms with E-state index in [1.165, 1.54) is 0 Å². The summed E-state index contributed by atoms with van der Waals surface area (Å²) in [5.41, 5.74) is 3.08. The Morgan fingerprint density at radius 2 is 1.95 bits per heavy atom. The number of rotatable bonds is 1. The fourth-order valence-corrected chi connectivity index (χ4v) is 2.65. The summed E-state index contributed by atoms with van der Waals surface area (Å²) in [6.07, 6.45) is 1.83. The number of hydrogen-bond acceptors (Lipinski definition) is 3. The Morgan fingerprint density at radius 1 is 1.10 bits per heavy atom. The highest BCUT2D eigenvalue weighted by Gasteiger charge is 2.24. The lowest BCUT2D eigenvalue weighted by molar-refractivity contribution is -0.110. The summed E-state index contributed by atoms with van der Waals surface area (Å²) < 4.78 is 10.6. The quantitative estimate of drug-likeness (QED) is 0.819. The smallest absolute Gasteiger partial charge is 0.256 e. The number of hydrogen-bond donors (Lipinski definition) is 1. The van der Waals surface area contributed by atoms with Crippen molar-refractivity contribution < 1.29 is 14.3 Å². The molecule has 0 spiro atoms. The van der Waals surface area contributed by atoms with E-state index < -0.39 is 0 Å². The standard InChI is InChI=1S/C16H10ClNO3/c17-10-2-3-11-12(16(19)18-13(11)7-10)5-9-1-4-14-15(6-9)21-8-20-14/h1-7H,8H2,(H,18,19)/b12-5-. The Labute approximate surface area is 125 Å². The number of amides is 1. The number of nitrogens with one attached hydrogen (secondary N) is 1. The molecule has 104 valence electrons. The fourth-order valence-electron chi connectivity index (χ4n) is 2.48. The molecule has 0 saturated carbocycles. The zero-order valence-corrected chi connectivity index (χ0v) is 11.6. The second kappa shape index (κ2) is 4.53. The maximum atomic E-state index is 12.1. The summed E-state index contributed by atoms with van der Waals surface area (Å²) in [5.74, 6) is 1.28. The van der Waals surface area contributed by atoms with Gasteiger partial charge >= 0.3 is 0 Å². The zero-order chi connectivity index (χ0) is 14.4. The topological polar surface area (TPSA) is 47.6 Å². The minimum Gasteiger partial charge on any atom is -0.454 e. The van der Waals surface area contributed by atoms with Gasteiger partial charge < -0.3 is 14.8 Å². The van der Waals surface area contributed by atoms with E-state index in [1.807, 2.05) is 30.3 Å². The van der Waals surface area contributed by atoms with E-state index >= 15 is 0 Å². The number of carbonyl (C=O) groups excluding carboxylic acids is 1. The van der Waals surface area contributed by atoms with Crippen LogP contribution in [-0.4, -0.2) is 12.7 Å². The molecular weight excluding hydrogens is 290 g/mol. The number of benzene rings is 2. The highest BCUT2D eigenvalue weighted by atomic mass is 35.5. The van der Waals surface area contributed by atoms with Gasteiger partial charge in [0.2, 0.25) is 6.79 Å². The second-order valence-electron chi connectivity index (χ2n) is 4.81. The molecule has 0 radical (unpaired) electrons. The van der Waals surface area contributed by atoms with Crippen molar-refractivity contribution in [1.29, 1.82) is 0 Å². The molecule has 0 atom stereocenters. The third kappa shape index (κ3) is 2.04. The van der Waals surface area contributed by atoms with E-state index in [2.05, 4.69) is 5.32 Å². The van der Waals surface area contributed by atoms with E-state index in [1.54, 1.807) is 12.1 Å². The zero-order valence-electron chi connectivity index (χ0n) is 10.9. The molecule has 2 heterocycles. The maximum absolute atomic E-state index is 12.1. The van der Waals surface area contributed by atoms with Crippen LogP contribution in [0.25, 0.3) is 11.6 Å². The normalized spacial score (nSPS) is 17.0. The minimum atomic E-state index is -0.134. The van der Waals surface area contributed by atoms with E-state index in [4.69, 9.17) is 21.1 Å². The minimum absolute atomic E-state index is 0.134. The lowest BCUT2D eigenvalue weighted by Gasteiger charge is -2.01. The first-order valence-electron chi connectivity index (χ1n) is 6.43. The molecule has 5 heteroatoms. The molecule has 4 rings (SSSR count). The van der Waals surface area contributed by atoms with E-state index in [0.29, 0.717) is 16.3 Å². The van der Waals surface area contributed by atoms with Crippen LogP contribution in [-0.2, 0) is 4.79 Å². The number of anilines is 1. The third-order valence-corrected chi connectivity index (χ3v) is 3.71. The van der Waals surface area contributed by atoms with Crippen LogP contribution >= 0.6 is 11.6 Å². The average molecular weight is 300 g/mol.